The molecule has 0 unspecified atom stereocenters. The number of amides is 1. The van der Waals surface area contributed by atoms with Crippen molar-refractivity contribution in [1.29, 1.82) is 0 Å². The third-order valence-electron chi connectivity index (χ3n) is 5.53. The number of aryl methyl sites for hydroxylation is 3. The Bertz CT molecular complexity index is 918. The average Bonchev–Trinajstić information content (AvgIpc) is 2.93. The van der Waals surface area contributed by atoms with E-state index in [1.165, 1.54) is 0 Å². The molecule has 2 aromatic heterocycles. The van der Waals surface area contributed by atoms with Crippen molar-refractivity contribution in [2.45, 2.75) is 66.0 Å². The van der Waals surface area contributed by atoms with E-state index in [0.29, 0.717) is 17.9 Å². The van der Waals surface area contributed by atoms with Gasteiger partial charge in [-0.2, -0.15) is 5.10 Å². The summed E-state index contributed by atoms with van der Waals surface area (Å²) in [4.78, 5) is 25.2. The minimum absolute atomic E-state index is 0. The zero-order valence-electron chi connectivity index (χ0n) is 18.0. The Morgan fingerprint density at radius 2 is 1.93 bits per heavy atom. The van der Waals surface area contributed by atoms with Crippen LogP contribution >= 0.6 is 24.8 Å². The number of hydrogen-bond acceptors (Lipinski definition) is 5. The lowest BCUT2D eigenvalue weighted by Crippen LogP contribution is -2.31. The number of carbonyl (C=O) groups is 1. The summed E-state index contributed by atoms with van der Waals surface area (Å²) in [5.41, 5.74) is 3.14. The zero-order chi connectivity index (χ0) is 20.3. The number of halogens is 2. The first-order valence-electron chi connectivity index (χ1n) is 10.1. The number of hydrogen-bond donors (Lipinski definition) is 2. The van der Waals surface area contributed by atoms with Gasteiger partial charge in [-0.05, 0) is 64.8 Å². The summed E-state index contributed by atoms with van der Waals surface area (Å²) in [6.45, 7) is 10.9. The Morgan fingerprint density at radius 3 is 2.53 bits per heavy atom. The molecule has 3 heterocycles. The summed E-state index contributed by atoms with van der Waals surface area (Å²) in [5.74, 6) is 0.526. The molecule has 0 spiro atoms. The summed E-state index contributed by atoms with van der Waals surface area (Å²) < 4.78 is 7.49. The van der Waals surface area contributed by atoms with Crippen LogP contribution < -0.4 is 16.3 Å². The van der Waals surface area contributed by atoms with Gasteiger partial charge in [0, 0.05) is 30.3 Å². The predicted molar refractivity (Wildman–Crippen MR) is 122 cm³/mol. The molecule has 2 aromatic rings. The van der Waals surface area contributed by atoms with Crippen molar-refractivity contribution in [2.75, 3.05) is 13.1 Å². The van der Waals surface area contributed by atoms with Gasteiger partial charge in [-0.3, -0.25) is 9.48 Å². The van der Waals surface area contributed by atoms with E-state index < -0.39 is 11.5 Å². The highest BCUT2D eigenvalue weighted by Gasteiger charge is 2.23. The zero-order valence-corrected chi connectivity index (χ0v) is 19.7. The molecule has 1 aliphatic heterocycles. The van der Waals surface area contributed by atoms with E-state index in [1.54, 1.807) is 6.92 Å². The van der Waals surface area contributed by atoms with Gasteiger partial charge in [0.1, 0.15) is 11.3 Å². The fourth-order valence-electron chi connectivity index (χ4n) is 3.89. The van der Waals surface area contributed by atoms with Crippen LogP contribution in [-0.2, 0) is 13.1 Å². The van der Waals surface area contributed by atoms with Crippen molar-refractivity contribution in [1.82, 2.24) is 20.4 Å². The normalized spacial score (nSPS) is 14.0. The Balaban J connectivity index is 0.00000225. The number of nitrogens with zero attached hydrogens (tertiary/aromatic N) is 2. The molecular formula is C21H32Cl2N4O3. The number of rotatable bonds is 6. The second-order valence-corrected chi connectivity index (χ2v) is 7.57. The van der Waals surface area contributed by atoms with Crippen molar-refractivity contribution in [3.63, 3.8) is 0 Å². The molecule has 0 saturated carbocycles. The minimum Gasteiger partial charge on any atom is -0.427 e. The maximum Gasteiger partial charge on any atom is 0.349 e. The lowest BCUT2D eigenvalue weighted by atomic mass is 9.94. The molecule has 1 saturated heterocycles. The Kier molecular flexibility index (Phi) is 10.1. The van der Waals surface area contributed by atoms with Gasteiger partial charge in [0.25, 0.3) is 5.91 Å². The predicted octanol–water partition coefficient (Wildman–Crippen LogP) is 3.41. The van der Waals surface area contributed by atoms with E-state index >= 15 is 0 Å². The van der Waals surface area contributed by atoms with Crippen molar-refractivity contribution in [3.8, 4) is 0 Å². The van der Waals surface area contributed by atoms with Crippen molar-refractivity contribution in [2.24, 2.45) is 0 Å². The summed E-state index contributed by atoms with van der Waals surface area (Å²) in [6, 6.07) is 1.85. The van der Waals surface area contributed by atoms with Crippen LogP contribution in [0.1, 0.15) is 70.7 Å². The van der Waals surface area contributed by atoms with Gasteiger partial charge in [-0.1, -0.05) is 6.92 Å². The van der Waals surface area contributed by atoms with Gasteiger partial charge in [-0.15, -0.1) is 24.8 Å². The highest BCUT2D eigenvalue weighted by atomic mass is 35.5. The maximum absolute atomic E-state index is 12.7. The fourth-order valence-corrected chi connectivity index (χ4v) is 3.89. The Labute approximate surface area is 189 Å². The molecule has 2 N–H and O–H groups in total. The van der Waals surface area contributed by atoms with Crippen LogP contribution in [0.2, 0.25) is 0 Å². The number of carbonyl (C=O) groups excluding carboxylic acids is 1. The second kappa shape index (κ2) is 11.5. The number of aromatic nitrogens is 2. The van der Waals surface area contributed by atoms with Gasteiger partial charge in [-0.25, -0.2) is 4.79 Å². The van der Waals surface area contributed by atoms with Crippen molar-refractivity contribution >= 4 is 30.7 Å². The average molecular weight is 459 g/mol. The van der Waals surface area contributed by atoms with Crippen molar-refractivity contribution < 1.29 is 9.21 Å². The van der Waals surface area contributed by atoms with E-state index in [9.17, 15) is 9.59 Å². The molecule has 0 aromatic carbocycles. The van der Waals surface area contributed by atoms with E-state index in [2.05, 4.69) is 22.7 Å². The van der Waals surface area contributed by atoms with Gasteiger partial charge in [0.15, 0.2) is 0 Å². The van der Waals surface area contributed by atoms with Crippen LogP contribution in [0.4, 0.5) is 0 Å². The summed E-state index contributed by atoms with van der Waals surface area (Å²) in [6.07, 6.45) is 2.87. The standard InChI is InChI=1S/C21H30N4O3.2ClH/c1-5-10-25-15(4)17(14(3)24-25)12-23-20(26)19-13(2)11-18(28-21(19)27)16-6-8-22-9-7-16;;/h11,16,22H,5-10,12H2,1-4H3,(H,23,26);2*1H. The molecular weight excluding hydrogens is 427 g/mol. The molecule has 3 rings (SSSR count). The molecule has 1 amide bonds. The highest BCUT2D eigenvalue weighted by Crippen LogP contribution is 2.25. The van der Waals surface area contributed by atoms with Crippen LogP contribution in [0, 0.1) is 20.8 Å². The first-order valence-corrected chi connectivity index (χ1v) is 10.1. The first kappa shape index (κ1) is 26.2. The van der Waals surface area contributed by atoms with E-state index in [4.69, 9.17) is 4.42 Å². The molecule has 0 atom stereocenters. The van der Waals surface area contributed by atoms with Crippen LogP contribution in [0.15, 0.2) is 15.3 Å². The molecule has 0 radical (unpaired) electrons. The summed E-state index contributed by atoms with van der Waals surface area (Å²) in [7, 11) is 0. The lowest BCUT2D eigenvalue weighted by molar-refractivity contribution is 0.0945. The number of piperidine rings is 1. The van der Waals surface area contributed by atoms with Crippen molar-refractivity contribution in [3.05, 3.63) is 50.3 Å². The van der Waals surface area contributed by atoms with Crippen LogP contribution in [-0.4, -0.2) is 28.8 Å². The monoisotopic (exact) mass is 458 g/mol. The van der Waals surface area contributed by atoms with Gasteiger partial charge in [0.2, 0.25) is 0 Å². The van der Waals surface area contributed by atoms with Gasteiger partial charge >= 0.3 is 5.63 Å². The third-order valence-corrected chi connectivity index (χ3v) is 5.53. The third kappa shape index (κ3) is 5.65. The lowest BCUT2D eigenvalue weighted by Gasteiger charge is -2.21. The maximum atomic E-state index is 12.7. The smallest absolute Gasteiger partial charge is 0.349 e. The van der Waals surface area contributed by atoms with Crippen LogP contribution in [0.25, 0.3) is 0 Å². The van der Waals surface area contributed by atoms with E-state index in [-0.39, 0.29) is 36.3 Å². The molecule has 0 aliphatic carbocycles. The molecule has 9 heteroatoms. The molecule has 7 nitrogen and oxygen atoms in total. The van der Waals surface area contributed by atoms with E-state index in [1.807, 2.05) is 24.6 Å². The minimum atomic E-state index is -0.554. The highest BCUT2D eigenvalue weighted by molar-refractivity contribution is 5.95. The van der Waals surface area contributed by atoms with Crippen LogP contribution in [0.3, 0.4) is 0 Å². The molecule has 168 valence electrons. The SMILES string of the molecule is CCCn1nc(C)c(CNC(=O)c2c(C)cc(C3CCNCC3)oc2=O)c1C.Cl.Cl. The Morgan fingerprint density at radius 1 is 1.27 bits per heavy atom. The van der Waals surface area contributed by atoms with Crippen LogP contribution in [0.5, 0.6) is 0 Å². The largest absolute Gasteiger partial charge is 0.427 e. The second-order valence-electron chi connectivity index (χ2n) is 7.57. The molecule has 0 bridgehead atoms. The fraction of sp³-hybridized carbons (Fsp3) is 0.571. The molecule has 1 fully saturated rings. The topological polar surface area (TPSA) is 89.2 Å². The van der Waals surface area contributed by atoms with Gasteiger partial charge < -0.3 is 15.1 Å². The summed E-state index contributed by atoms with van der Waals surface area (Å²) >= 11 is 0. The quantitative estimate of drug-likeness (QED) is 0.691. The molecule has 30 heavy (non-hydrogen) atoms. The first-order chi connectivity index (χ1) is 13.4. The Hall–Kier alpha value is -1.83. The molecule has 1 aliphatic rings. The van der Waals surface area contributed by atoms with E-state index in [0.717, 1.165) is 55.8 Å². The number of nitrogens with one attached hydrogen (secondary N) is 2. The summed E-state index contributed by atoms with van der Waals surface area (Å²) in [5, 5.41) is 10.7. The van der Waals surface area contributed by atoms with Gasteiger partial charge in [0.05, 0.1) is 5.69 Å².